The molecule has 0 fully saturated rings. The van der Waals surface area contributed by atoms with E-state index in [1.807, 2.05) is 11.8 Å². The molecule has 0 aliphatic carbocycles. The second-order valence-corrected chi connectivity index (χ2v) is 6.32. The summed E-state index contributed by atoms with van der Waals surface area (Å²) in [5, 5.41) is 0. The maximum absolute atomic E-state index is 2.41. The molecule has 0 aromatic rings. The number of thioether (sulfide) groups is 1. The molecular weight excluding hydrogens is 188 g/mol. The minimum Gasteiger partial charge on any atom is -0.151 e. The summed E-state index contributed by atoms with van der Waals surface area (Å²) in [6.07, 6.45) is 9.40. The van der Waals surface area contributed by atoms with Gasteiger partial charge >= 0.3 is 0 Å². The Bertz CT molecular complexity index is 118. The average Bonchev–Trinajstić information content (AvgIpc) is 2.13. The minimum atomic E-state index is 0.461. The first-order valence-electron chi connectivity index (χ1n) is 6.12. The zero-order chi connectivity index (χ0) is 10.9. The van der Waals surface area contributed by atoms with Crippen molar-refractivity contribution in [3.8, 4) is 0 Å². The number of hydrogen-bond acceptors (Lipinski definition) is 1. The van der Waals surface area contributed by atoms with Gasteiger partial charge in [0.1, 0.15) is 0 Å². The third-order valence-electron chi connectivity index (χ3n) is 2.46. The number of rotatable bonds is 9. The quantitative estimate of drug-likeness (QED) is 0.462. The molecule has 0 heterocycles. The van der Waals surface area contributed by atoms with Crippen molar-refractivity contribution in [1.29, 1.82) is 0 Å². The van der Waals surface area contributed by atoms with Crippen LogP contribution in [-0.2, 0) is 0 Å². The molecule has 0 bridgehead atoms. The smallest absolute Gasteiger partial charge is 0.0172 e. The molecule has 14 heavy (non-hydrogen) atoms. The fraction of sp³-hybridized carbons (Fsp3) is 0.923. The van der Waals surface area contributed by atoms with Crippen LogP contribution in [0.15, 0.2) is 0 Å². The van der Waals surface area contributed by atoms with Crippen molar-refractivity contribution >= 4 is 11.8 Å². The van der Waals surface area contributed by atoms with Crippen LogP contribution in [0.2, 0.25) is 0 Å². The van der Waals surface area contributed by atoms with Gasteiger partial charge in [-0.05, 0) is 12.8 Å². The van der Waals surface area contributed by atoms with Crippen LogP contribution in [0.5, 0.6) is 0 Å². The van der Waals surface area contributed by atoms with Gasteiger partial charge in [-0.3, -0.25) is 0 Å². The van der Waals surface area contributed by atoms with Gasteiger partial charge in [-0.2, -0.15) is 11.8 Å². The van der Waals surface area contributed by atoms with E-state index in [-0.39, 0.29) is 0 Å². The lowest BCUT2D eigenvalue weighted by molar-refractivity contribution is 0.573. The van der Waals surface area contributed by atoms with Crippen LogP contribution in [0.3, 0.4) is 0 Å². The largest absolute Gasteiger partial charge is 0.151 e. The predicted octanol–water partition coefficient (Wildman–Crippen LogP) is 5.43. The van der Waals surface area contributed by atoms with Crippen molar-refractivity contribution in [1.82, 2.24) is 0 Å². The monoisotopic (exact) mass is 215 g/mol. The van der Waals surface area contributed by atoms with Gasteiger partial charge in [0.2, 0.25) is 0 Å². The molecular formula is C13H27S. The zero-order valence-corrected chi connectivity index (χ0v) is 11.3. The fourth-order valence-corrected chi connectivity index (χ4v) is 2.43. The predicted molar refractivity (Wildman–Crippen MR) is 69.6 cm³/mol. The molecule has 85 valence electrons. The molecule has 1 radical (unpaired) electrons. The Kier molecular flexibility index (Phi) is 8.86. The van der Waals surface area contributed by atoms with Crippen LogP contribution in [0.25, 0.3) is 0 Å². The fourth-order valence-electron chi connectivity index (χ4n) is 1.43. The summed E-state index contributed by atoms with van der Waals surface area (Å²) in [6.45, 7) is 9.27. The molecule has 0 nitrogen and oxygen atoms in total. The van der Waals surface area contributed by atoms with Crippen LogP contribution in [-0.4, -0.2) is 4.75 Å². The van der Waals surface area contributed by atoms with Crippen LogP contribution in [0.4, 0.5) is 0 Å². The van der Waals surface area contributed by atoms with Crippen molar-refractivity contribution in [3.63, 3.8) is 0 Å². The van der Waals surface area contributed by atoms with Crippen molar-refractivity contribution in [2.24, 2.45) is 0 Å². The summed E-state index contributed by atoms with van der Waals surface area (Å²) in [7, 11) is 0. The molecule has 1 heteroatoms. The maximum Gasteiger partial charge on any atom is 0.0172 e. The SMILES string of the molecule is CCCC[CH]SC(C)(C)CCCCC. The minimum absolute atomic E-state index is 0.461. The molecule has 0 aromatic carbocycles. The van der Waals surface area contributed by atoms with Gasteiger partial charge < -0.3 is 0 Å². The Labute approximate surface area is 95.2 Å². The molecule has 0 aromatic heterocycles. The summed E-state index contributed by atoms with van der Waals surface area (Å²) in [6, 6.07) is 0. The third kappa shape index (κ3) is 8.93. The lowest BCUT2D eigenvalue weighted by atomic mass is 10.0. The van der Waals surface area contributed by atoms with E-state index in [0.29, 0.717) is 4.75 Å². The van der Waals surface area contributed by atoms with Gasteiger partial charge in [-0.1, -0.05) is 59.8 Å². The van der Waals surface area contributed by atoms with Gasteiger partial charge in [0, 0.05) is 10.5 Å². The normalized spacial score (nSPS) is 12.0. The van der Waals surface area contributed by atoms with Crippen molar-refractivity contribution in [2.45, 2.75) is 77.4 Å². The molecule has 0 unspecified atom stereocenters. The van der Waals surface area contributed by atoms with Gasteiger partial charge in [0.15, 0.2) is 0 Å². The average molecular weight is 215 g/mol. The van der Waals surface area contributed by atoms with Crippen molar-refractivity contribution in [2.75, 3.05) is 0 Å². The van der Waals surface area contributed by atoms with Crippen LogP contribution < -0.4 is 0 Å². The Morgan fingerprint density at radius 3 is 2.21 bits per heavy atom. The lowest BCUT2D eigenvalue weighted by Crippen LogP contribution is -2.13. The first-order chi connectivity index (χ1) is 6.62. The second kappa shape index (κ2) is 8.64. The summed E-state index contributed by atoms with van der Waals surface area (Å²) in [5.41, 5.74) is 0. The summed E-state index contributed by atoms with van der Waals surface area (Å²) < 4.78 is 0.461. The van der Waals surface area contributed by atoms with Gasteiger partial charge in [-0.25, -0.2) is 0 Å². The first kappa shape index (κ1) is 14.3. The topological polar surface area (TPSA) is 0 Å². The zero-order valence-electron chi connectivity index (χ0n) is 10.4. The molecule has 0 saturated carbocycles. The second-order valence-electron chi connectivity index (χ2n) is 4.64. The third-order valence-corrected chi connectivity index (χ3v) is 3.70. The Morgan fingerprint density at radius 2 is 1.64 bits per heavy atom. The molecule has 0 rings (SSSR count). The highest BCUT2D eigenvalue weighted by Crippen LogP contribution is 2.33. The van der Waals surface area contributed by atoms with Gasteiger partial charge in [0.25, 0.3) is 0 Å². The summed E-state index contributed by atoms with van der Waals surface area (Å²) in [5.74, 6) is 2.41. The lowest BCUT2D eigenvalue weighted by Gasteiger charge is -2.23. The van der Waals surface area contributed by atoms with E-state index < -0.39 is 0 Å². The molecule has 0 aliphatic heterocycles. The molecule has 0 N–H and O–H groups in total. The Hall–Kier alpha value is 0.350. The van der Waals surface area contributed by atoms with E-state index in [2.05, 4.69) is 33.4 Å². The van der Waals surface area contributed by atoms with Crippen molar-refractivity contribution in [3.05, 3.63) is 5.75 Å². The highest BCUT2D eigenvalue weighted by molar-refractivity contribution is 8.02. The first-order valence-corrected chi connectivity index (χ1v) is 7.00. The maximum atomic E-state index is 2.41. The van der Waals surface area contributed by atoms with Gasteiger partial charge in [-0.15, -0.1) is 0 Å². The number of unbranched alkanes of at least 4 members (excludes halogenated alkanes) is 4. The molecule has 0 saturated heterocycles. The van der Waals surface area contributed by atoms with E-state index in [4.69, 9.17) is 0 Å². The summed E-state index contributed by atoms with van der Waals surface area (Å²) >= 11 is 2.04. The van der Waals surface area contributed by atoms with Crippen LogP contribution in [0.1, 0.15) is 72.6 Å². The standard InChI is InChI=1S/C13H27S/c1-5-7-9-11-13(3,4)14-12-10-8-6-2/h12H,5-11H2,1-4H3. The summed E-state index contributed by atoms with van der Waals surface area (Å²) in [4.78, 5) is 0. The van der Waals surface area contributed by atoms with E-state index in [0.717, 1.165) is 0 Å². The molecule has 0 amide bonds. The van der Waals surface area contributed by atoms with E-state index >= 15 is 0 Å². The highest BCUT2D eigenvalue weighted by Gasteiger charge is 2.16. The Balaban J connectivity index is 3.40. The van der Waals surface area contributed by atoms with Crippen LogP contribution >= 0.6 is 11.8 Å². The van der Waals surface area contributed by atoms with E-state index in [1.54, 1.807) is 0 Å². The number of hydrogen-bond donors (Lipinski definition) is 0. The van der Waals surface area contributed by atoms with E-state index in [1.165, 1.54) is 44.9 Å². The molecule has 0 aliphatic rings. The van der Waals surface area contributed by atoms with Crippen LogP contribution in [0, 0.1) is 5.75 Å². The molecule has 0 spiro atoms. The van der Waals surface area contributed by atoms with E-state index in [9.17, 15) is 0 Å². The molecule has 0 atom stereocenters. The highest BCUT2D eigenvalue weighted by atomic mass is 32.2. The van der Waals surface area contributed by atoms with Crippen molar-refractivity contribution < 1.29 is 0 Å². The Morgan fingerprint density at radius 1 is 1.00 bits per heavy atom. The van der Waals surface area contributed by atoms with Gasteiger partial charge in [0.05, 0.1) is 0 Å².